The van der Waals surface area contributed by atoms with Crippen LogP contribution in [-0.2, 0) is 14.8 Å². The second-order valence-corrected chi connectivity index (χ2v) is 9.99. The molecule has 182 valence electrons. The Hall–Kier alpha value is -3.09. The zero-order valence-electron chi connectivity index (χ0n) is 18.4. The van der Waals surface area contributed by atoms with Gasteiger partial charge in [0.1, 0.15) is 18.4 Å². The molecule has 0 spiro atoms. The summed E-state index contributed by atoms with van der Waals surface area (Å²) in [7, 11) is -4.32. The number of alkyl halides is 2. The van der Waals surface area contributed by atoms with Crippen LogP contribution in [0.4, 0.5) is 20.2 Å². The quantitative estimate of drug-likeness (QED) is 0.514. The summed E-state index contributed by atoms with van der Waals surface area (Å²) in [4.78, 5) is 11.1. The van der Waals surface area contributed by atoms with E-state index in [-0.39, 0.29) is 31.3 Å². The molecule has 0 amide bonds. The van der Waals surface area contributed by atoms with Gasteiger partial charge < -0.3 is 20.3 Å². The third-order valence-electron chi connectivity index (χ3n) is 5.25. The van der Waals surface area contributed by atoms with Crippen LogP contribution in [0.2, 0.25) is 0 Å². The molecule has 33 heavy (non-hydrogen) atoms. The monoisotopic (exact) mass is 488 g/mol. The van der Waals surface area contributed by atoms with E-state index in [2.05, 4.69) is 5.10 Å². The molecule has 3 rings (SSSR count). The van der Waals surface area contributed by atoms with E-state index in [1.807, 2.05) is 0 Å². The Bertz CT molecular complexity index is 1140. The van der Waals surface area contributed by atoms with E-state index in [9.17, 15) is 27.1 Å². The van der Waals surface area contributed by atoms with Crippen LogP contribution >= 0.6 is 0 Å². The molecule has 0 fully saturated rings. The summed E-state index contributed by atoms with van der Waals surface area (Å²) < 4.78 is 67.7. The van der Waals surface area contributed by atoms with Crippen LogP contribution in [0, 0.1) is 5.41 Å². The van der Waals surface area contributed by atoms with Crippen molar-refractivity contribution >= 4 is 27.4 Å². The zero-order valence-corrected chi connectivity index (χ0v) is 19.2. The first kappa shape index (κ1) is 24.6. The van der Waals surface area contributed by atoms with Gasteiger partial charge in [-0.05, 0) is 45.4 Å². The fourth-order valence-electron chi connectivity index (χ4n) is 3.43. The van der Waals surface area contributed by atoms with Crippen LogP contribution < -0.4 is 19.5 Å². The Labute approximate surface area is 189 Å². The molecular formula is C20H26F2N4O6S. The molecule has 3 N–H and O–H groups in total. The van der Waals surface area contributed by atoms with E-state index in [0.29, 0.717) is 11.4 Å². The summed E-state index contributed by atoms with van der Waals surface area (Å²) >= 11 is 0. The summed E-state index contributed by atoms with van der Waals surface area (Å²) in [6, 6.07) is 2.86. The molecule has 0 bridgehead atoms. The fraction of sp³-hybridized carbons (Fsp3) is 0.500. The van der Waals surface area contributed by atoms with Crippen molar-refractivity contribution in [2.75, 3.05) is 29.8 Å². The molecule has 0 aliphatic carbocycles. The lowest BCUT2D eigenvalue weighted by molar-refractivity contribution is -0.148. The number of sulfonamides is 1. The molecule has 2 aromatic rings. The number of aliphatic carboxylic acids is 1. The lowest BCUT2D eigenvalue weighted by Crippen LogP contribution is -2.38. The van der Waals surface area contributed by atoms with E-state index < -0.39 is 45.2 Å². The lowest BCUT2D eigenvalue weighted by atomic mass is 9.86. The summed E-state index contributed by atoms with van der Waals surface area (Å²) in [6.07, 6.45) is -2.53. The van der Waals surface area contributed by atoms with Crippen molar-refractivity contribution in [3.63, 3.8) is 0 Å². The number of halogens is 2. The third kappa shape index (κ3) is 4.82. The topological polar surface area (TPSA) is 137 Å². The largest absolute Gasteiger partial charge is 0.489 e. The first-order chi connectivity index (χ1) is 15.4. The van der Waals surface area contributed by atoms with Gasteiger partial charge in [-0.1, -0.05) is 0 Å². The van der Waals surface area contributed by atoms with Gasteiger partial charge in [0.25, 0.3) is 22.3 Å². The van der Waals surface area contributed by atoms with Gasteiger partial charge in [0.05, 0.1) is 30.5 Å². The number of anilines is 2. The fourth-order valence-corrected chi connectivity index (χ4v) is 4.94. The first-order valence-electron chi connectivity index (χ1n) is 10.2. The number of fused-ring (bicyclic) bond motifs is 1. The van der Waals surface area contributed by atoms with Crippen LogP contribution in [-0.4, -0.2) is 55.5 Å². The number of hydrogen-bond donors (Lipinski definition) is 2. The molecule has 1 aliphatic heterocycles. The molecule has 1 aromatic heterocycles. The summed E-state index contributed by atoms with van der Waals surface area (Å²) in [5, 5.41) is 13.3. The maximum absolute atomic E-state index is 13.9. The number of carboxylic acid groups (broad SMARTS) is 1. The maximum atomic E-state index is 13.9. The Morgan fingerprint density at radius 1 is 1.39 bits per heavy atom. The molecule has 0 saturated heterocycles. The van der Waals surface area contributed by atoms with Crippen molar-refractivity contribution in [3.8, 4) is 11.6 Å². The standard InChI is InChI=1S/C20H26F2N4O6S/c1-4-31-18-16(11-25(24-18)14(17(21)22)10-20(2,3)19(27)28)33(29,30)26-7-8-32-15-6-5-12(23)9-13(15)26/h5-6,9,11,14,17H,4,7-8,10,23H2,1-3H3,(H,27,28). The molecule has 13 heteroatoms. The number of nitrogens with two attached hydrogens (primary N) is 1. The van der Waals surface area contributed by atoms with E-state index in [4.69, 9.17) is 15.2 Å². The average molecular weight is 489 g/mol. The van der Waals surface area contributed by atoms with E-state index in [1.165, 1.54) is 19.9 Å². The van der Waals surface area contributed by atoms with Crippen molar-refractivity contribution in [2.24, 2.45) is 5.41 Å². The Morgan fingerprint density at radius 2 is 2.09 bits per heavy atom. The van der Waals surface area contributed by atoms with Crippen molar-refractivity contribution < 1.29 is 36.6 Å². The van der Waals surface area contributed by atoms with Gasteiger partial charge in [0.15, 0.2) is 4.90 Å². The van der Waals surface area contributed by atoms with Crippen molar-refractivity contribution in [1.29, 1.82) is 0 Å². The van der Waals surface area contributed by atoms with Gasteiger partial charge >= 0.3 is 5.97 Å². The van der Waals surface area contributed by atoms with Gasteiger partial charge in [0.2, 0.25) is 0 Å². The summed E-state index contributed by atoms with van der Waals surface area (Å²) in [5.74, 6) is -1.31. The number of nitrogens with zero attached hydrogens (tertiary/aromatic N) is 3. The highest BCUT2D eigenvalue weighted by molar-refractivity contribution is 7.93. The zero-order chi connectivity index (χ0) is 24.6. The smallest absolute Gasteiger partial charge is 0.309 e. The maximum Gasteiger partial charge on any atom is 0.309 e. The van der Waals surface area contributed by atoms with Crippen LogP contribution in [0.5, 0.6) is 11.6 Å². The van der Waals surface area contributed by atoms with Crippen molar-refractivity contribution in [2.45, 2.75) is 44.6 Å². The normalized spacial score (nSPS) is 15.2. The number of ether oxygens (including phenoxy) is 2. The number of aromatic nitrogens is 2. The summed E-state index contributed by atoms with van der Waals surface area (Å²) in [5.41, 5.74) is 4.83. The SMILES string of the molecule is CCOc1nn(C(CC(C)(C)C(=O)O)C(F)F)cc1S(=O)(=O)N1CCOc2ccc(N)cc21. The number of rotatable bonds is 9. The van der Waals surface area contributed by atoms with Gasteiger partial charge in [-0.15, -0.1) is 5.10 Å². The van der Waals surface area contributed by atoms with E-state index >= 15 is 0 Å². The lowest BCUT2D eigenvalue weighted by Gasteiger charge is -2.30. The van der Waals surface area contributed by atoms with Gasteiger partial charge in [0, 0.05) is 5.69 Å². The van der Waals surface area contributed by atoms with Crippen LogP contribution in [0.3, 0.4) is 0 Å². The minimum absolute atomic E-state index is 0.0339. The highest BCUT2D eigenvalue weighted by atomic mass is 32.2. The molecule has 1 unspecified atom stereocenters. The number of carboxylic acids is 1. The molecule has 2 heterocycles. The van der Waals surface area contributed by atoms with Gasteiger partial charge in [-0.3, -0.25) is 13.8 Å². The highest BCUT2D eigenvalue weighted by Gasteiger charge is 2.39. The minimum Gasteiger partial charge on any atom is -0.489 e. The molecular weight excluding hydrogens is 462 g/mol. The first-order valence-corrected chi connectivity index (χ1v) is 11.6. The second-order valence-electron chi connectivity index (χ2n) is 8.16. The van der Waals surface area contributed by atoms with Crippen molar-refractivity contribution in [3.05, 3.63) is 24.4 Å². The summed E-state index contributed by atoms with van der Waals surface area (Å²) in [6.45, 7) is 4.28. The second kappa shape index (κ2) is 9.04. The Morgan fingerprint density at radius 3 is 2.70 bits per heavy atom. The van der Waals surface area contributed by atoms with Gasteiger partial charge in [-0.2, -0.15) is 0 Å². The third-order valence-corrected chi connectivity index (χ3v) is 7.04. The van der Waals surface area contributed by atoms with Crippen LogP contribution in [0.1, 0.15) is 33.2 Å². The van der Waals surface area contributed by atoms with Crippen molar-refractivity contribution in [1.82, 2.24) is 9.78 Å². The Kier molecular flexibility index (Phi) is 6.73. The number of benzene rings is 1. The minimum atomic E-state index is -4.32. The molecule has 10 nitrogen and oxygen atoms in total. The van der Waals surface area contributed by atoms with Crippen LogP contribution in [0.25, 0.3) is 0 Å². The van der Waals surface area contributed by atoms with Gasteiger partial charge in [-0.25, -0.2) is 17.2 Å². The van der Waals surface area contributed by atoms with E-state index in [0.717, 1.165) is 15.2 Å². The predicted molar refractivity (Wildman–Crippen MR) is 115 cm³/mol. The van der Waals surface area contributed by atoms with Crippen LogP contribution in [0.15, 0.2) is 29.3 Å². The number of hydrogen-bond acceptors (Lipinski definition) is 7. The molecule has 0 radical (unpaired) electrons. The molecule has 1 aromatic carbocycles. The van der Waals surface area contributed by atoms with E-state index in [1.54, 1.807) is 19.1 Å². The number of carbonyl (C=O) groups is 1. The predicted octanol–water partition coefficient (Wildman–Crippen LogP) is 2.76. The number of nitrogen functional groups attached to an aromatic ring is 1. The molecule has 1 atom stereocenters. The molecule has 1 aliphatic rings. The Balaban J connectivity index is 2.09. The highest BCUT2D eigenvalue weighted by Crippen LogP contribution is 2.40. The molecule has 0 saturated carbocycles. The average Bonchev–Trinajstić information content (AvgIpc) is 3.16.